The van der Waals surface area contributed by atoms with Gasteiger partial charge in [0.25, 0.3) is 5.56 Å². The molecule has 0 spiro atoms. The summed E-state index contributed by atoms with van der Waals surface area (Å²) in [6.45, 7) is -0.400. The van der Waals surface area contributed by atoms with Crippen molar-refractivity contribution in [2.24, 2.45) is 7.05 Å². The van der Waals surface area contributed by atoms with E-state index in [1.54, 1.807) is 26.4 Å². The van der Waals surface area contributed by atoms with Crippen molar-refractivity contribution >= 4 is 16.7 Å². The molecule has 2 heterocycles. The maximum atomic E-state index is 12.4. The van der Waals surface area contributed by atoms with Crippen LogP contribution in [-0.4, -0.2) is 34.1 Å². The number of nitrogens with zero attached hydrogens (tertiary/aromatic N) is 3. The minimum Gasteiger partial charge on any atom is -0.384 e. The molecule has 1 N–H and O–H groups in total. The number of anilines is 1. The van der Waals surface area contributed by atoms with Crippen LogP contribution in [0.5, 0.6) is 0 Å². The second-order valence-corrected chi connectivity index (χ2v) is 7.20. The predicted octanol–water partition coefficient (Wildman–Crippen LogP) is 3.86. The van der Waals surface area contributed by atoms with Gasteiger partial charge in [-0.1, -0.05) is 6.07 Å². The van der Waals surface area contributed by atoms with Gasteiger partial charge in [0.05, 0.1) is 17.6 Å². The van der Waals surface area contributed by atoms with Gasteiger partial charge < -0.3 is 14.5 Å². The Kier molecular flexibility index (Phi) is 4.85. The van der Waals surface area contributed by atoms with Gasteiger partial charge in [-0.2, -0.15) is 0 Å². The molecule has 1 aliphatic rings. The van der Waals surface area contributed by atoms with E-state index in [1.807, 2.05) is 22.8 Å². The first-order chi connectivity index (χ1) is 13.8. The average Bonchev–Trinajstić information content (AvgIpc) is 3.45. The van der Waals surface area contributed by atoms with Crippen LogP contribution in [0.4, 0.5) is 18.9 Å². The molecular weight excluding hydrogens is 385 g/mol. The van der Waals surface area contributed by atoms with Crippen molar-refractivity contribution in [2.45, 2.75) is 31.7 Å². The minimum atomic E-state index is -4.65. The molecule has 1 fully saturated rings. The van der Waals surface area contributed by atoms with E-state index in [1.165, 1.54) is 4.57 Å². The Hall–Kier alpha value is -2.81. The van der Waals surface area contributed by atoms with Gasteiger partial charge in [0.15, 0.2) is 0 Å². The smallest absolute Gasteiger partial charge is 0.384 e. The maximum absolute atomic E-state index is 12.4. The van der Waals surface area contributed by atoms with Crippen molar-refractivity contribution in [2.75, 3.05) is 19.0 Å². The SMILES string of the molecule is CNc1cc(-c2ccc3nc(C4CC4)n(CCOC(F)(F)F)c3c2)cn(C)c1=O. The molecular formula is C20H21F3N4O2. The molecule has 0 atom stereocenters. The lowest BCUT2D eigenvalue weighted by Gasteiger charge is -2.12. The molecule has 0 amide bonds. The second-order valence-electron chi connectivity index (χ2n) is 7.20. The standard InChI is InChI=1S/C20H21F3N4O2/c1-24-16-9-14(11-26(2)19(16)28)13-5-6-15-17(10-13)27(7-8-29-20(21,22)23)18(25-15)12-3-4-12/h5-6,9-12,24H,3-4,7-8H2,1-2H3. The molecule has 0 radical (unpaired) electrons. The number of aromatic nitrogens is 3. The molecule has 1 aliphatic carbocycles. The number of imidazole rings is 1. The predicted molar refractivity (Wildman–Crippen MR) is 104 cm³/mol. The van der Waals surface area contributed by atoms with E-state index < -0.39 is 13.0 Å². The largest absolute Gasteiger partial charge is 0.522 e. The van der Waals surface area contributed by atoms with Gasteiger partial charge in [0.1, 0.15) is 11.5 Å². The Labute approximate surface area is 164 Å². The fraction of sp³-hybridized carbons (Fsp3) is 0.400. The van der Waals surface area contributed by atoms with Gasteiger partial charge in [0, 0.05) is 38.3 Å². The van der Waals surface area contributed by atoms with E-state index in [0.29, 0.717) is 5.69 Å². The van der Waals surface area contributed by atoms with Gasteiger partial charge in [-0.15, -0.1) is 13.2 Å². The van der Waals surface area contributed by atoms with Crippen molar-refractivity contribution in [1.82, 2.24) is 14.1 Å². The summed E-state index contributed by atoms with van der Waals surface area (Å²) in [4.78, 5) is 16.8. The molecule has 1 aromatic carbocycles. The summed E-state index contributed by atoms with van der Waals surface area (Å²) in [5.41, 5.74) is 3.50. The Morgan fingerprint density at radius 1 is 1.24 bits per heavy atom. The van der Waals surface area contributed by atoms with E-state index >= 15 is 0 Å². The summed E-state index contributed by atoms with van der Waals surface area (Å²) in [7, 11) is 3.36. The van der Waals surface area contributed by atoms with Crippen LogP contribution in [0, 0.1) is 0 Å². The number of pyridine rings is 1. The molecule has 154 valence electrons. The minimum absolute atomic E-state index is 0.0698. The van der Waals surface area contributed by atoms with E-state index in [0.717, 1.165) is 40.8 Å². The van der Waals surface area contributed by atoms with Gasteiger partial charge in [-0.05, 0) is 36.6 Å². The highest BCUT2D eigenvalue weighted by atomic mass is 19.4. The number of nitrogens with one attached hydrogen (secondary N) is 1. The number of hydrogen-bond acceptors (Lipinski definition) is 4. The molecule has 2 aromatic heterocycles. The number of benzene rings is 1. The molecule has 9 heteroatoms. The fourth-order valence-electron chi connectivity index (χ4n) is 3.51. The zero-order valence-corrected chi connectivity index (χ0v) is 16.1. The topological polar surface area (TPSA) is 61.1 Å². The molecule has 0 aliphatic heterocycles. The first-order valence-corrected chi connectivity index (χ1v) is 9.36. The number of ether oxygens (including phenoxy) is 1. The monoisotopic (exact) mass is 406 g/mol. The summed E-state index contributed by atoms with van der Waals surface area (Å²) < 4.78 is 44.6. The van der Waals surface area contributed by atoms with Crippen molar-refractivity contribution in [3.05, 3.63) is 46.6 Å². The number of rotatable bonds is 6. The van der Waals surface area contributed by atoms with Crippen LogP contribution in [-0.2, 0) is 18.3 Å². The van der Waals surface area contributed by atoms with Gasteiger partial charge in [0.2, 0.25) is 0 Å². The highest BCUT2D eigenvalue weighted by molar-refractivity contribution is 5.83. The molecule has 0 bridgehead atoms. The summed E-state index contributed by atoms with van der Waals surface area (Å²) in [5.74, 6) is 1.09. The van der Waals surface area contributed by atoms with Crippen LogP contribution in [0.25, 0.3) is 22.2 Å². The van der Waals surface area contributed by atoms with Gasteiger partial charge in [-0.25, -0.2) is 4.98 Å². The first-order valence-electron chi connectivity index (χ1n) is 9.36. The van der Waals surface area contributed by atoms with Gasteiger partial charge >= 0.3 is 6.36 Å². The molecule has 3 aromatic rings. The first kappa shape index (κ1) is 19.5. The lowest BCUT2D eigenvalue weighted by atomic mass is 10.1. The summed E-state index contributed by atoms with van der Waals surface area (Å²) in [5, 5.41) is 2.89. The fourth-order valence-corrected chi connectivity index (χ4v) is 3.51. The molecule has 4 rings (SSSR count). The summed E-state index contributed by atoms with van der Waals surface area (Å²) >= 11 is 0. The Morgan fingerprint density at radius 2 is 2.00 bits per heavy atom. The van der Waals surface area contributed by atoms with Crippen molar-refractivity contribution < 1.29 is 17.9 Å². The molecule has 0 saturated heterocycles. The second kappa shape index (κ2) is 7.22. The van der Waals surface area contributed by atoms with Crippen LogP contribution in [0.2, 0.25) is 0 Å². The normalized spacial score (nSPS) is 14.5. The van der Waals surface area contributed by atoms with E-state index in [9.17, 15) is 18.0 Å². The third kappa shape index (κ3) is 4.00. The maximum Gasteiger partial charge on any atom is 0.522 e. The number of aryl methyl sites for hydroxylation is 1. The number of halogens is 3. The lowest BCUT2D eigenvalue weighted by Crippen LogP contribution is -2.19. The summed E-state index contributed by atoms with van der Waals surface area (Å²) in [6, 6.07) is 7.43. The molecule has 6 nitrogen and oxygen atoms in total. The van der Waals surface area contributed by atoms with E-state index in [-0.39, 0.29) is 18.0 Å². The Balaban J connectivity index is 1.76. The van der Waals surface area contributed by atoms with Crippen LogP contribution >= 0.6 is 0 Å². The lowest BCUT2D eigenvalue weighted by molar-refractivity contribution is -0.325. The quantitative estimate of drug-likeness (QED) is 0.675. The number of fused-ring (bicyclic) bond motifs is 1. The van der Waals surface area contributed by atoms with Crippen LogP contribution < -0.4 is 10.9 Å². The van der Waals surface area contributed by atoms with Crippen LogP contribution in [0.3, 0.4) is 0 Å². The van der Waals surface area contributed by atoms with E-state index in [2.05, 4.69) is 15.0 Å². The molecule has 0 unspecified atom stereocenters. The highest BCUT2D eigenvalue weighted by Crippen LogP contribution is 2.41. The third-order valence-corrected chi connectivity index (χ3v) is 5.09. The Bertz CT molecular complexity index is 1110. The number of hydrogen-bond donors (Lipinski definition) is 1. The van der Waals surface area contributed by atoms with Gasteiger partial charge in [-0.3, -0.25) is 9.53 Å². The average molecular weight is 406 g/mol. The highest BCUT2D eigenvalue weighted by Gasteiger charge is 2.31. The van der Waals surface area contributed by atoms with E-state index in [4.69, 9.17) is 0 Å². The zero-order chi connectivity index (χ0) is 20.8. The Morgan fingerprint density at radius 3 is 2.66 bits per heavy atom. The summed E-state index contributed by atoms with van der Waals surface area (Å²) in [6.07, 6.45) is -0.940. The number of alkyl halides is 3. The van der Waals surface area contributed by atoms with Crippen LogP contribution in [0.15, 0.2) is 35.3 Å². The van der Waals surface area contributed by atoms with Crippen molar-refractivity contribution in [1.29, 1.82) is 0 Å². The van der Waals surface area contributed by atoms with Crippen molar-refractivity contribution in [3.63, 3.8) is 0 Å². The van der Waals surface area contributed by atoms with Crippen LogP contribution in [0.1, 0.15) is 24.6 Å². The van der Waals surface area contributed by atoms with Crippen molar-refractivity contribution in [3.8, 4) is 11.1 Å². The molecule has 29 heavy (non-hydrogen) atoms. The zero-order valence-electron chi connectivity index (χ0n) is 16.1. The molecule has 1 saturated carbocycles. The third-order valence-electron chi connectivity index (χ3n) is 5.09.